The molecule has 124 valence electrons. The zero-order chi connectivity index (χ0) is 17.3. The van der Waals surface area contributed by atoms with E-state index in [1.54, 1.807) is 6.20 Å². The number of benzene rings is 1. The molecule has 3 rings (SSSR count). The quantitative estimate of drug-likeness (QED) is 0.641. The first-order valence-electron chi connectivity index (χ1n) is 7.70. The van der Waals surface area contributed by atoms with Gasteiger partial charge in [-0.15, -0.1) is 0 Å². The van der Waals surface area contributed by atoms with Crippen molar-refractivity contribution < 1.29 is 14.6 Å². The molecule has 2 heterocycles. The van der Waals surface area contributed by atoms with Gasteiger partial charge >= 0.3 is 0 Å². The molecule has 0 fully saturated rings. The van der Waals surface area contributed by atoms with Crippen molar-refractivity contribution in [3.05, 3.63) is 63.7 Å². The average Bonchev–Trinajstić information content (AvgIpc) is 2.99. The highest BCUT2D eigenvalue weighted by Crippen LogP contribution is 2.34. The Morgan fingerprint density at radius 1 is 1.33 bits per heavy atom. The van der Waals surface area contributed by atoms with Crippen LogP contribution in [0.5, 0.6) is 5.75 Å². The lowest BCUT2D eigenvalue weighted by molar-refractivity contribution is 0.243. The lowest BCUT2D eigenvalue weighted by Crippen LogP contribution is -2.02. The van der Waals surface area contributed by atoms with Crippen LogP contribution in [0.2, 0.25) is 0 Å². The molecule has 0 aliphatic rings. The van der Waals surface area contributed by atoms with Crippen LogP contribution in [0.3, 0.4) is 0 Å². The second-order valence-corrected chi connectivity index (χ2v) is 5.94. The number of aromatic nitrogens is 1. The van der Waals surface area contributed by atoms with Crippen LogP contribution in [0.1, 0.15) is 25.2 Å². The van der Waals surface area contributed by atoms with Crippen molar-refractivity contribution in [1.82, 2.24) is 4.98 Å². The third kappa shape index (κ3) is 2.86. The molecule has 2 aromatic heterocycles. The summed E-state index contributed by atoms with van der Waals surface area (Å²) in [7, 11) is 0. The van der Waals surface area contributed by atoms with E-state index in [9.17, 15) is 15.0 Å². The van der Waals surface area contributed by atoms with Gasteiger partial charge < -0.3 is 19.6 Å². The third-order valence-corrected chi connectivity index (χ3v) is 3.91. The fourth-order valence-corrected chi connectivity index (χ4v) is 2.68. The molecule has 3 N–H and O–H groups in total. The van der Waals surface area contributed by atoms with Crippen LogP contribution in [0.25, 0.3) is 22.2 Å². The second kappa shape index (κ2) is 6.37. The summed E-state index contributed by atoms with van der Waals surface area (Å²) < 4.78 is 5.50. The van der Waals surface area contributed by atoms with Gasteiger partial charge in [-0.1, -0.05) is 29.8 Å². The van der Waals surface area contributed by atoms with Crippen molar-refractivity contribution in [2.24, 2.45) is 0 Å². The molecule has 3 aromatic rings. The van der Waals surface area contributed by atoms with Crippen LogP contribution >= 0.6 is 0 Å². The number of hydrogen-bond acceptors (Lipinski definition) is 4. The number of para-hydroxylation sites is 1. The summed E-state index contributed by atoms with van der Waals surface area (Å²) in [5.41, 5.74) is 3.30. The van der Waals surface area contributed by atoms with Gasteiger partial charge in [-0.3, -0.25) is 4.79 Å². The van der Waals surface area contributed by atoms with E-state index in [2.05, 4.69) is 11.1 Å². The number of nitrogens with one attached hydrogen (secondary N) is 1. The fourth-order valence-electron chi connectivity index (χ4n) is 2.68. The highest BCUT2D eigenvalue weighted by Gasteiger charge is 2.17. The average molecular weight is 325 g/mol. The lowest BCUT2D eigenvalue weighted by Gasteiger charge is -2.05. The molecule has 0 saturated carbocycles. The minimum absolute atomic E-state index is 0.0668. The minimum atomic E-state index is -0.574. The number of aromatic hydroxyl groups is 1. The first kappa shape index (κ1) is 16.1. The molecule has 0 bridgehead atoms. The van der Waals surface area contributed by atoms with Crippen molar-refractivity contribution in [3.8, 4) is 17.1 Å². The molecule has 0 amide bonds. The summed E-state index contributed by atoms with van der Waals surface area (Å²) in [5, 5.41) is 20.2. The van der Waals surface area contributed by atoms with Crippen LogP contribution in [-0.4, -0.2) is 15.2 Å². The summed E-state index contributed by atoms with van der Waals surface area (Å²) in [4.78, 5) is 15.1. The molecule has 0 aliphatic heterocycles. The SMILES string of the molecule is CC(C)=CCc1cccc2c(-c3oc(CO)cc(=O)c3O)c[nH]c12. The van der Waals surface area contributed by atoms with Gasteiger partial charge in [0.15, 0.2) is 5.76 Å². The van der Waals surface area contributed by atoms with Gasteiger partial charge in [0.05, 0.1) is 0 Å². The summed E-state index contributed by atoms with van der Waals surface area (Å²) >= 11 is 0. The molecule has 0 aliphatic carbocycles. The molecule has 0 spiro atoms. The van der Waals surface area contributed by atoms with Gasteiger partial charge in [0, 0.05) is 28.7 Å². The van der Waals surface area contributed by atoms with Gasteiger partial charge in [-0.25, -0.2) is 0 Å². The number of aromatic amines is 1. The van der Waals surface area contributed by atoms with Crippen LogP contribution in [0, 0.1) is 0 Å². The predicted molar refractivity (Wildman–Crippen MR) is 93.0 cm³/mol. The van der Waals surface area contributed by atoms with E-state index in [1.807, 2.05) is 32.0 Å². The maximum atomic E-state index is 11.9. The number of hydrogen-bond donors (Lipinski definition) is 3. The van der Waals surface area contributed by atoms with E-state index >= 15 is 0 Å². The van der Waals surface area contributed by atoms with Crippen LogP contribution in [-0.2, 0) is 13.0 Å². The predicted octanol–water partition coefficient (Wildman–Crippen LogP) is 3.49. The molecule has 0 atom stereocenters. The summed E-state index contributed by atoms with van der Waals surface area (Å²) in [6.07, 6.45) is 4.63. The van der Waals surface area contributed by atoms with Crippen molar-refractivity contribution in [2.75, 3.05) is 0 Å². The smallest absolute Gasteiger partial charge is 0.227 e. The van der Waals surface area contributed by atoms with Crippen LogP contribution in [0.4, 0.5) is 0 Å². The third-order valence-electron chi connectivity index (χ3n) is 3.91. The number of aliphatic hydroxyl groups excluding tert-OH is 1. The fraction of sp³-hybridized carbons (Fsp3) is 0.211. The molecule has 5 heteroatoms. The van der Waals surface area contributed by atoms with Gasteiger partial charge in [0.25, 0.3) is 0 Å². The topological polar surface area (TPSA) is 86.5 Å². The lowest BCUT2D eigenvalue weighted by atomic mass is 10.0. The zero-order valence-corrected chi connectivity index (χ0v) is 13.6. The maximum Gasteiger partial charge on any atom is 0.227 e. The van der Waals surface area contributed by atoms with Gasteiger partial charge in [0.1, 0.15) is 12.4 Å². The summed E-state index contributed by atoms with van der Waals surface area (Å²) in [6.45, 7) is 3.69. The van der Waals surface area contributed by atoms with Gasteiger partial charge in [0.2, 0.25) is 11.2 Å². The number of H-pyrrole nitrogens is 1. The van der Waals surface area contributed by atoms with Crippen LogP contribution < -0.4 is 5.43 Å². The summed E-state index contributed by atoms with van der Waals surface area (Å²) in [6, 6.07) is 6.95. The molecule has 24 heavy (non-hydrogen) atoms. The van der Waals surface area contributed by atoms with Gasteiger partial charge in [-0.05, 0) is 25.8 Å². The van der Waals surface area contributed by atoms with Crippen molar-refractivity contribution in [3.63, 3.8) is 0 Å². The first-order chi connectivity index (χ1) is 11.5. The van der Waals surface area contributed by atoms with E-state index in [0.717, 1.165) is 29.0 Å². The van der Waals surface area contributed by atoms with E-state index in [1.165, 1.54) is 5.57 Å². The highest BCUT2D eigenvalue weighted by molar-refractivity contribution is 5.97. The summed E-state index contributed by atoms with van der Waals surface area (Å²) in [5.74, 6) is -0.275. The monoisotopic (exact) mass is 325 g/mol. The zero-order valence-electron chi connectivity index (χ0n) is 13.6. The second-order valence-electron chi connectivity index (χ2n) is 5.94. The molecule has 0 radical (unpaired) electrons. The number of aliphatic hydroxyl groups is 1. The van der Waals surface area contributed by atoms with Crippen molar-refractivity contribution >= 4 is 10.9 Å². The first-order valence-corrected chi connectivity index (χ1v) is 7.70. The van der Waals surface area contributed by atoms with Crippen LogP contribution in [0.15, 0.2) is 51.3 Å². The minimum Gasteiger partial charge on any atom is -0.502 e. The Hall–Kier alpha value is -2.79. The normalized spacial score (nSPS) is 11.0. The number of fused-ring (bicyclic) bond motifs is 1. The van der Waals surface area contributed by atoms with E-state index in [4.69, 9.17) is 4.42 Å². The Labute approximate surface area is 138 Å². The molecule has 1 aromatic carbocycles. The van der Waals surface area contributed by atoms with Crippen molar-refractivity contribution in [2.45, 2.75) is 26.9 Å². The Kier molecular flexibility index (Phi) is 4.27. The highest BCUT2D eigenvalue weighted by atomic mass is 16.4. The Bertz CT molecular complexity index is 975. The van der Waals surface area contributed by atoms with E-state index in [-0.39, 0.29) is 11.5 Å². The molecule has 0 saturated heterocycles. The molecular weight excluding hydrogens is 306 g/mol. The van der Waals surface area contributed by atoms with E-state index < -0.39 is 17.8 Å². The molecule has 0 unspecified atom stereocenters. The largest absolute Gasteiger partial charge is 0.502 e. The maximum absolute atomic E-state index is 11.9. The standard InChI is InChI=1S/C19H19NO4/c1-11(2)6-7-12-4-3-5-14-15(9-20-17(12)14)19-18(23)16(22)8-13(10-21)24-19/h3-6,8-9,20-21,23H,7,10H2,1-2H3. The molecular formula is C19H19NO4. The Morgan fingerprint density at radius 2 is 2.12 bits per heavy atom. The number of rotatable bonds is 4. The number of allylic oxidation sites excluding steroid dienone is 2. The Morgan fingerprint density at radius 3 is 2.83 bits per heavy atom. The van der Waals surface area contributed by atoms with Crippen molar-refractivity contribution in [1.29, 1.82) is 0 Å². The Balaban J connectivity index is 2.19. The molecule has 5 nitrogen and oxygen atoms in total. The van der Waals surface area contributed by atoms with E-state index in [0.29, 0.717) is 5.56 Å². The van der Waals surface area contributed by atoms with Gasteiger partial charge in [-0.2, -0.15) is 0 Å².